The average Bonchev–Trinajstić information content (AvgIpc) is 2.73. The standard InChI is InChI=1S/C20H15ClN4O4S/c1-12-10-17(26)19(22-24(12)14-4-2-3-5-15(14)25(28)29)20(27)23-8-9-30-18-7-6-13(21)11-16(18)23/h2-7,10-11H,8-9H2,1H3. The summed E-state index contributed by atoms with van der Waals surface area (Å²) in [5.74, 6) is 0.0843. The number of nitro benzene ring substituents is 1. The lowest BCUT2D eigenvalue weighted by Gasteiger charge is -2.28. The van der Waals surface area contributed by atoms with Crippen LogP contribution in [0.4, 0.5) is 11.4 Å². The van der Waals surface area contributed by atoms with Gasteiger partial charge in [0.2, 0.25) is 5.43 Å². The first-order valence-electron chi connectivity index (χ1n) is 8.96. The van der Waals surface area contributed by atoms with Gasteiger partial charge in [0.05, 0.1) is 10.6 Å². The van der Waals surface area contributed by atoms with E-state index in [1.165, 1.54) is 33.8 Å². The highest BCUT2D eigenvalue weighted by Crippen LogP contribution is 2.37. The fraction of sp³-hybridized carbons (Fsp3) is 0.150. The Labute approximate surface area is 180 Å². The third-order valence-electron chi connectivity index (χ3n) is 4.65. The number of nitrogens with zero attached hydrogens (tertiary/aromatic N) is 4. The van der Waals surface area contributed by atoms with Crippen LogP contribution >= 0.6 is 23.4 Å². The molecular weight excluding hydrogens is 428 g/mol. The van der Waals surface area contributed by atoms with E-state index >= 15 is 0 Å². The zero-order valence-electron chi connectivity index (χ0n) is 15.7. The molecule has 0 N–H and O–H groups in total. The number of fused-ring (bicyclic) bond motifs is 1. The predicted octanol–water partition coefficient (Wildman–Crippen LogP) is 3.86. The highest BCUT2D eigenvalue weighted by Gasteiger charge is 2.28. The Bertz CT molecular complexity index is 1240. The SMILES string of the molecule is Cc1cc(=O)c(C(=O)N2CCSc3ccc(Cl)cc32)nn1-c1ccccc1[N+](=O)[O-]. The molecule has 3 aromatic rings. The van der Waals surface area contributed by atoms with Crippen LogP contribution in [0.1, 0.15) is 16.2 Å². The van der Waals surface area contributed by atoms with E-state index in [1.54, 1.807) is 36.9 Å². The molecule has 0 fully saturated rings. The van der Waals surface area contributed by atoms with E-state index in [-0.39, 0.29) is 17.1 Å². The van der Waals surface area contributed by atoms with Gasteiger partial charge in [0, 0.05) is 40.0 Å². The van der Waals surface area contributed by atoms with Crippen LogP contribution in [0.2, 0.25) is 5.02 Å². The molecule has 8 nitrogen and oxygen atoms in total. The molecule has 0 saturated carbocycles. The van der Waals surface area contributed by atoms with Crippen LogP contribution in [-0.2, 0) is 0 Å². The van der Waals surface area contributed by atoms with Gasteiger partial charge in [-0.05, 0) is 31.2 Å². The number of thioether (sulfide) groups is 1. The van der Waals surface area contributed by atoms with E-state index in [1.807, 2.05) is 6.07 Å². The van der Waals surface area contributed by atoms with Crippen LogP contribution in [-0.4, -0.2) is 32.9 Å². The Morgan fingerprint density at radius 1 is 1.20 bits per heavy atom. The summed E-state index contributed by atoms with van der Waals surface area (Å²) < 4.78 is 1.25. The Balaban J connectivity index is 1.84. The molecule has 4 rings (SSSR count). The van der Waals surface area contributed by atoms with Crippen LogP contribution in [0.5, 0.6) is 0 Å². The smallest absolute Gasteiger partial charge is 0.294 e. The van der Waals surface area contributed by atoms with Crippen molar-refractivity contribution in [2.24, 2.45) is 0 Å². The molecule has 0 radical (unpaired) electrons. The third kappa shape index (κ3) is 3.57. The van der Waals surface area contributed by atoms with E-state index < -0.39 is 16.3 Å². The molecular formula is C20H15ClN4O4S. The molecule has 1 aliphatic rings. The summed E-state index contributed by atoms with van der Waals surface area (Å²) in [7, 11) is 0. The summed E-state index contributed by atoms with van der Waals surface area (Å²) >= 11 is 7.70. The zero-order chi connectivity index (χ0) is 21.4. The fourth-order valence-electron chi connectivity index (χ4n) is 3.27. The number of para-hydroxylation sites is 2. The molecule has 2 aromatic carbocycles. The number of anilines is 1. The van der Waals surface area contributed by atoms with Crippen molar-refractivity contribution in [1.82, 2.24) is 9.78 Å². The predicted molar refractivity (Wildman–Crippen MR) is 115 cm³/mol. The van der Waals surface area contributed by atoms with Crippen molar-refractivity contribution in [2.45, 2.75) is 11.8 Å². The molecule has 0 aliphatic carbocycles. The monoisotopic (exact) mass is 442 g/mol. The second-order valence-electron chi connectivity index (χ2n) is 6.57. The number of rotatable bonds is 3. The van der Waals surface area contributed by atoms with Gasteiger partial charge in [0.25, 0.3) is 11.6 Å². The number of aromatic nitrogens is 2. The number of carbonyl (C=O) groups excluding carboxylic acids is 1. The van der Waals surface area contributed by atoms with Gasteiger partial charge < -0.3 is 4.90 Å². The maximum Gasteiger partial charge on any atom is 0.294 e. The number of benzene rings is 2. The number of aryl methyl sites for hydroxylation is 1. The van der Waals surface area contributed by atoms with E-state index in [0.717, 1.165) is 4.90 Å². The number of carbonyl (C=O) groups is 1. The second kappa shape index (κ2) is 7.92. The maximum absolute atomic E-state index is 13.3. The van der Waals surface area contributed by atoms with Gasteiger partial charge >= 0.3 is 0 Å². The number of halogens is 1. The van der Waals surface area contributed by atoms with Crippen molar-refractivity contribution in [3.8, 4) is 5.69 Å². The minimum atomic E-state index is -0.573. The first-order valence-corrected chi connectivity index (χ1v) is 10.3. The molecule has 1 amide bonds. The second-order valence-corrected chi connectivity index (χ2v) is 8.15. The molecule has 0 unspecified atom stereocenters. The lowest BCUT2D eigenvalue weighted by molar-refractivity contribution is -0.384. The average molecular weight is 443 g/mol. The van der Waals surface area contributed by atoms with Crippen LogP contribution in [0, 0.1) is 17.0 Å². The summed E-state index contributed by atoms with van der Waals surface area (Å²) in [5.41, 5.74) is 0.130. The quantitative estimate of drug-likeness (QED) is 0.451. The number of hydrogen-bond donors (Lipinski definition) is 0. The molecule has 0 saturated heterocycles. The van der Waals surface area contributed by atoms with Gasteiger partial charge in [-0.3, -0.25) is 19.7 Å². The summed E-state index contributed by atoms with van der Waals surface area (Å²) in [5, 5.41) is 16.1. The van der Waals surface area contributed by atoms with Crippen molar-refractivity contribution in [2.75, 3.05) is 17.2 Å². The Morgan fingerprint density at radius 3 is 2.73 bits per heavy atom. The Kier molecular flexibility index (Phi) is 5.31. The van der Waals surface area contributed by atoms with Gasteiger partial charge in [-0.2, -0.15) is 5.10 Å². The highest BCUT2D eigenvalue weighted by molar-refractivity contribution is 7.99. The molecule has 1 aromatic heterocycles. The third-order valence-corrected chi connectivity index (χ3v) is 5.92. The van der Waals surface area contributed by atoms with Crippen molar-refractivity contribution < 1.29 is 9.72 Å². The fourth-order valence-corrected chi connectivity index (χ4v) is 4.41. The topological polar surface area (TPSA) is 98.3 Å². The summed E-state index contributed by atoms with van der Waals surface area (Å²) in [6.45, 7) is 1.99. The minimum absolute atomic E-state index is 0.173. The van der Waals surface area contributed by atoms with Gasteiger partial charge in [-0.1, -0.05) is 23.7 Å². The van der Waals surface area contributed by atoms with Gasteiger partial charge in [0.15, 0.2) is 5.69 Å². The van der Waals surface area contributed by atoms with Gasteiger partial charge in [-0.15, -0.1) is 11.8 Å². The van der Waals surface area contributed by atoms with E-state index in [0.29, 0.717) is 28.7 Å². The van der Waals surface area contributed by atoms with E-state index in [4.69, 9.17) is 11.6 Å². The summed E-state index contributed by atoms with van der Waals surface area (Å²) in [4.78, 5) is 39.1. The first kappa shape index (κ1) is 20.1. The molecule has 152 valence electrons. The Hall–Kier alpha value is -3.17. The first-order chi connectivity index (χ1) is 14.4. The molecule has 0 spiro atoms. The lowest BCUT2D eigenvalue weighted by Crippen LogP contribution is -2.39. The normalized spacial score (nSPS) is 13.1. The lowest BCUT2D eigenvalue weighted by atomic mass is 10.2. The van der Waals surface area contributed by atoms with Crippen molar-refractivity contribution >= 4 is 40.6 Å². The van der Waals surface area contributed by atoms with Crippen molar-refractivity contribution in [3.63, 3.8) is 0 Å². The van der Waals surface area contributed by atoms with Crippen LogP contribution in [0.3, 0.4) is 0 Å². The molecule has 1 aliphatic heterocycles. The van der Waals surface area contributed by atoms with Crippen LogP contribution < -0.4 is 10.3 Å². The van der Waals surface area contributed by atoms with Gasteiger partial charge in [0.1, 0.15) is 5.69 Å². The van der Waals surface area contributed by atoms with Crippen molar-refractivity contribution in [3.05, 3.63) is 85.3 Å². The summed E-state index contributed by atoms with van der Waals surface area (Å²) in [6, 6.07) is 12.5. The van der Waals surface area contributed by atoms with Crippen LogP contribution in [0.25, 0.3) is 5.69 Å². The zero-order valence-corrected chi connectivity index (χ0v) is 17.3. The van der Waals surface area contributed by atoms with E-state index in [9.17, 15) is 19.7 Å². The number of hydrogen-bond acceptors (Lipinski definition) is 6. The van der Waals surface area contributed by atoms with E-state index in [2.05, 4.69) is 5.10 Å². The van der Waals surface area contributed by atoms with Crippen molar-refractivity contribution in [1.29, 1.82) is 0 Å². The number of amides is 1. The molecule has 0 bridgehead atoms. The maximum atomic E-state index is 13.3. The molecule has 0 atom stereocenters. The molecule has 2 heterocycles. The highest BCUT2D eigenvalue weighted by atomic mass is 35.5. The summed E-state index contributed by atoms with van der Waals surface area (Å²) in [6.07, 6.45) is 0. The molecule has 30 heavy (non-hydrogen) atoms. The largest absolute Gasteiger partial charge is 0.305 e. The number of nitro groups is 1. The van der Waals surface area contributed by atoms with Crippen LogP contribution in [0.15, 0.2) is 58.2 Å². The molecule has 10 heteroatoms. The van der Waals surface area contributed by atoms with Gasteiger partial charge in [-0.25, -0.2) is 4.68 Å². The minimum Gasteiger partial charge on any atom is -0.305 e. The Morgan fingerprint density at radius 2 is 1.97 bits per heavy atom.